The van der Waals surface area contributed by atoms with Crippen molar-refractivity contribution in [1.29, 1.82) is 0 Å². The topological polar surface area (TPSA) is 86.3 Å². The minimum Gasteiger partial charge on any atom is -0.366 e. The smallest absolute Gasteiger partial charge is 0.366 e. The van der Waals surface area contributed by atoms with Gasteiger partial charge in [-0.3, -0.25) is 14.4 Å². The number of pyridine rings is 1. The summed E-state index contributed by atoms with van der Waals surface area (Å²) in [4.78, 5) is 18.0. The fourth-order valence-corrected chi connectivity index (χ4v) is 3.89. The number of hydrogen-bond acceptors (Lipinski definition) is 5. The van der Waals surface area contributed by atoms with Crippen molar-refractivity contribution < 1.29 is 22.7 Å². The maximum Gasteiger partial charge on any atom is 0.415 e. The first-order valence-corrected chi connectivity index (χ1v) is 10.1. The molecule has 2 N–H and O–H groups in total. The molecule has 0 spiro atoms. The fraction of sp³-hybridized carbons (Fsp3) is 0.409. The number of halogens is 3. The Morgan fingerprint density at radius 1 is 1.31 bits per heavy atom. The molecular weight excluding hydrogens is 423 g/mol. The fourth-order valence-electron chi connectivity index (χ4n) is 3.89. The number of hydrogen-bond donors (Lipinski definition) is 1. The van der Waals surface area contributed by atoms with Crippen LogP contribution in [0.2, 0.25) is 0 Å². The van der Waals surface area contributed by atoms with Crippen LogP contribution in [0.25, 0.3) is 22.0 Å². The van der Waals surface area contributed by atoms with E-state index in [1.165, 1.54) is 0 Å². The SMILES string of the molecule is Cn1cc(-c2cc(C(N)=O)nc3cc(CN4CC(C(F)(F)F)OCC4(C)C)ccc23)cn1. The molecule has 0 aliphatic carbocycles. The number of carbonyl (C=O) groups excluding carboxylic acids is 1. The zero-order valence-electron chi connectivity index (χ0n) is 18.0. The minimum absolute atomic E-state index is 0.0278. The van der Waals surface area contributed by atoms with E-state index in [4.69, 9.17) is 10.5 Å². The Morgan fingerprint density at radius 2 is 2.06 bits per heavy atom. The van der Waals surface area contributed by atoms with E-state index in [-0.39, 0.29) is 25.4 Å². The van der Waals surface area contributed by atoms with Crippen LogP contribution < -0.4 is 5.73 Å². The Morgan fingerprint density at radius 3 is 2.69 bits per heavy atom. The van der Waals surface area contributed by atoms with Gasteiger partial charge in [0.2, 0.25) is 0 Å². The third-order valence-electron chi connectivity index (χ3n) is 5.76. The molecule has 3 aromatic rings. The molecule has 3 heterocycles. The third-order valence-corrected chi connectivity index (χ3v) is 5.76. The van der Waals surface area contributed by atoms with Gasteiger partial charge in [-0.15, -0.1) is 0 Å². The molecule has 1 unspecified atom stereocenters. The number of fused-ring (bicyclic) bond motifs is 1. The van der Waals surface area contributed by atoms with E-state index in [0.29, 0.717) is 5.52 Å². The summed E-state index contributed by atoms with van der Waals surface area (Å²) >= 11 is 0. The molecule has 1 atom stereocenters. The molecule has 1 fully saturated rings. The molecule has 0 bridgehead atoms. The van der Waals surface area contributed by atoms with Gasteiger partial charge in [-0.25, -0.2) is 4.98 Å². The first kappa shape index (κ1) is 22.2. The van der Waals surface area contributed by atoms with E-state index < -0.39 is 23.7 Å². The summed E-state index contributed by atoms with van der Waals surface area (Å²) in [5.41, 5.74) is 7.90. The highest BCUT2D eigenvalue weighted by atomic mass is 19.4. The van der Waals surface area contributed by atoms with E-state index in [2.05, 4.69) is 10.1 Å². The molecule has 1 aliphatic rings. The Bertz CT molecular complexity index is 1170. The molecule has 4 rings (SSSR count). The number of nitrogens with two attached hydrogens (primary N) is 1. The normalized spacial score (nSPS) is 19.4. The number of aromatic nitrogens is 3. The first-order chi connectivity index (χ1) is 14.9. The Labute approximate surface area is 183 Å². The number of ether oxygens (including phenoxy) is 1. The van der Waals surface area contributed by atoms with Gasteiger partial charge >= 0.3 is 6.18 Å². The van der Waals surface area contributed by atoms with Crippen LogP contribution in [-0.2, 0) is 18.3 Å². The second kappa shape index (κ2) is 7.86. The van der Waals surface area contributed by atoms with Gasteiger partial charge in [0.1, 0.15) is 5.69 Å². The van der Waals surface area contributed by atoms with Gasteiger partial charge in [0, 0.05) is 42.8 Å². The number of benzene rings is 1. The maximum absolute atomic E-state index is 13.2. The lowest BCUT2D eigenvalue weighted by Crippen LogP contribution is -2.58. The number of alkyl halides is 3. The lowest BCUT2D eigenvalue weighted by molar-refractivity contribution is -0.254. The van der Waals surface area contributed by atoms with Crippen molar-refractivity contribution in [3.8, 4) is 11.1 Å². The average Bonchev–Trinajstić information content (AvgIpc) is 3.13. The molecule has 7 nitrogen and oxygen atoms in total. The Kier molecular flexibility index (Phi) is 5.46. The van der Waals surface area contributed by atoms with Crippen molar-refractivity contribution in [2.24, 2.45) is 12.8 Å². The zero-order valence-corrected chi connectivity index (χ0v) is 18.0. The predicted molar refractivity (Wildman–Crippen MR) is 113 cm³/mol. The molecule has 0 radical (unpaired) electrons. The number of morpholine rings is 1. The Balaban J connectivity index is 1.72. The van der Waals surface area contributed by atoms with Crippen LogP contribution in [0.1, 0.15) is 29.9 Å². The largest absolute Gasteiger partial charge is 0.415 e. The van der Waals surface area contributed by atoms with Gasteiger partial charge in [-0.1, -0.05) is 12.1 Å². The predicted octanol–water partition coefficient (Wildman–Crippen LogP) is 3.28. The molecular formula is C22H24F3N5O2. The summed E-state index contributed by atoms with van der Waals surface area (Å²) in [6.07, 6.45) is -2.75. The minimum atomic E-state index is -4.42. The number of carbonyl (C=O) groups is 1. The highest BCUT2D eigenvalue weighted by molar-refractivity contribution is 6.00. The van der Waals surface area contributed by atoms with E-state index in [1.54, 1.807) is 35.0 Å². The summed E-state index contributed by atoms with van der Waals surface area (Å²) < 4.78 is 46.4. The summed E-state index contributed by atoms with van der Waals surface area (Å²) in [6.45, 7) is 3.70. The maximum atomic E-state index is 13.2. The molecule has 10 heteroatoms. The van der Waals surface area contributed by atoms with Crippen LogP contribution in [0, 0.1) is 0 Å². The van der Waals surface area contributed by atoms with Crippen molar-refractivity contribution in [2.75, 3.05) is 13.2 Å². The molecule has 1 aliphatic heterocycles. The van der Waals surface area contributed by atoms with E-state index in [1.807, 2.05) is 32.2 Å². The monoisotopic (exact) mass is 447 g/mol. The van der Waals surface area contributed by atoms with Crippen LogP contribution in [0.15, 0.2) is 36.7 Å². The molecule has 1 aromatic carbocycles. The average molecular weight is 447 g/mol. The standard InChI is InChI=1S/C22H24F3N5O2/c1-21(2)12-32-19(22(23,24)25)11-30(21)9-13-4-5-15-16(14-8-27-29(3)10-14)7-18(20(26)31)28-17(15)6-13/h4-8,10,19H,9,11-12H2,1-3H3,(H2,26,31). The number of nitrogens with zero attached hydrogens (tertiary/aromatic N) is 4. The molecule has 0 saturated carbocycles. The van der Waals surface area contributed by atoms with E-state index >= 15 is 0 Å². The van der Waals surface area contributed by atoms with Crippen molar-refractivity contribution in [3.63, 3.8) is 0 Å². The quantitative estimate of drug-likeness (QED) is 0.664. The molecule has 1 saturated heterocycles. The third kappa shape index (κ3) is 4.33. The molecule has 32 heavy (non-hydrogen) atoms. The van der Waals surface area contributed by atoms with E-state index in [0.717, 1.165) is 22.1 Å². The van der Waals surface area contributed by atoms with Gasteiger partial charge in [0.25, 0.3) is 5.91 Å². The van der Waals surface area contributed by atoms with Crippen LogP contribution in [-0.4, -0.2) is 56.5 Å². The van der Waals surface area contributed by atoms with E-state index in [9.17, 15) is 18.0 Å². The number of primary amides is 1. The van der Waals surface area contributed by atoms with Gasteiger partial charge < -0.3 is 10.5 Å². The lowest BCUT2D eigenvalue weighted by Gasteiger charge is -2.45. The van der Waals surface area contributed by atoms with Crippen LogP contribution in [0.4, 0.5) is 13.2 Å². The number of amides is 1. The summed E-state index contributed by atoms with van der Waals surface area (Å²) in [5, 5.41) is 4.97. The van der Waals surface area contributed by atoms with Crippen molar-refractivity contribution in [3.05, 3.63) is 47.9 Å². The van der Waals surface area contributed by atoms with Gasteiger partial charge in [-0.05, 0) is 37.1 Å². The highest BCUT2D eigenvalue weighted by Gasteiger charge is 2.47. The van der Waals surface area contributed by atoms with Gasteiger partial charge in [0.15, 0.2) is 6.10 Å². The number of rotatable bonds is 4. The summed E-state index contributed by atoms with van der Waals surface area (Å²) in [5.74, 6) is -0.662. The number of aryl methyl sites for hydroxylation is 1. The van der Waals surface area contributed by atoms with Crippen molar-refractivity contribution >= 4 is 16.8 Å². The lowest BCUT2D eigenvalue weighted by atomic mass is 9.98. The second-order valence-electron chi connectivity index (χ2n) is 8.71. The van der Waals surface area contributed by atoms with Crippen molar-refractivity contribution in [1.82, 2.24) is 19.7 Å². The molecule has 170 valence electrons. The second-order valence-corrected chi connectivity index (χ2v) is 8.71. The van der Waals surface area contributed by atoms with Crippen LogP contribution in [0.5, 0.6) is 0 Å². The van der Waals surface area contributed by atoms with Gasteiger partial charge in [-0.2, -0.15) is 18.3 Å². The van der Waals surface area contributed by atoms with Gasteiger partial charge in [0.05, 0.1) is 18.3 Å². The molecule has 2 aromatic heterocycles. The van der Waals surface area contributed by atoms with Crippen molar-refractivity contribution in [2.45, 2.75) is 38.2 Å². The zero-order chi connectivity index (χ0) is 23.3. The Hall–Kier alpha value is -2.98. The van der Waals surface area contributed by atoms with Crippen LogP contribution >= 0.6 is 0 Å². The summed E-state index contributed by atoms with van der Waals surface area (Å²) in [6, 6.07) is 7.14. The highest BCUT2D eigenvalue weighted by Crippen LogP contribution is 2.33. The first-order valence-electron chi connectivity index (χ1n) is 10.1. The molecule has 1 amide bonds. The summed E-state index contributed by atoms with van der Waals surface area (Å²) in [7, 11) is 1.79. The van der Waals surface area contributed by atoms with Crippen LogP contribution in [0.3, 0.4) is 0 Å².